The zero-order valence-electron chi connectivity index (χ0n) is 12.8. The largest absolute Gasteiger partial charge is 0.467 e. The van der Waals surface area contributed by atoms with Gasteiger partial charge in [0, 0.05) is 12.4 Å². The summed E-state index contributed by atoms with van der Waals surface area (Å²) in [7, 11) is 2.67. The van der Waals surface area contributed by atoms with Crippen molar-refractivity contribution in [1.82, 2.24) is 15.1 Å². The molecule has 23 heavy (non-hydrogen) atoms. The third kappa shape index (κ3) is 3.54. The molecule has 0 saturated heterocycles. The van der Waals surface area contributed by atoms with E-state index in [2.05, 4.69) is 15.2 Å². The average molecular weight is 319 g/mol. The van der Waals surface area contributed by atoms with E-state index in [9.17, 15) is 14.4 Å². The predicted octanol–water partition coefficient (Wildman–Crippen LogP) is -0.874. The molecular weight excluding hydrogens is 302 g/mol. The third-order valence-electron chi connectivity index (χ3n) is 3.36. The Morgan fingerprint density at radius 3 is 2.61 bits per heavy atom. The SMILES string of the molecule is COC(=O)[C@H](CO)NC(=O)Cc1nn(C)c(=O)c2ccccc12. The molecule has 0 aliphatic carbocycles. The Morgan fingerprint density at radius 1 is 1.35 bits per heavy atom. The fourth-order valence-electron chi connectivity index (χ4n) is 2.23. The number of carbonyl (C=O) groups excluding carboxylic acids is 2. The number of ether oxygens (including phenoxy) is 1. The highest BCUT2D eigenvalue weighted by Gasteiger charge is 2.21. The van der Waals surface area contributed by atoms with Gasteiger partial charge in [0.15, 0.2) is 6.04 Å². The Kier molecular flexibility index (Phi) is 5.07. The molecule has 1 heterocycles. The molecule has 8 heteroatoms. The minimum Gasteiger partial charge on any atom is -0.467 e. The topological polar surface area (TPSA) is 111 Å². The molecule has 1 aromatic carbocycles. The Bertz CT molecular complexity index is 799. The van der Waals surface area contributed by atoms with Gasteiger partial charge in [-0.1, -0.05) is 18.2 Å². The summed E-state index contributed by atoms with van der Waals surface area (Å²) < 4.78 is 5.65. The standard InChI is InChI=1S/C15H17N3O5/c1-18-14(21)10-6-4-3-5-9(10)11(17-18)7-13(20)16-12(8-19)15(22)23-2/h3-6,12,19H,7-8H2,1-2H3,(H,16,20)/t12-/m0/s1. The second kappa shape index (κ2) is 7.01. The van der Waals surface area contributed by atoms with Crippen molar-refractivity contribution in [2.24, 2.45) is 7.05 Å². The van der Waals surface area contributed by atoms with Gasteiger partial charge in [0.25, 0.3) is 5.56 Å². The number of hydrogen-bond acceptors (Lipinski definition) is 6. The molecule has 8 nitrogen and oxygen atoms in total. The van der Waals surface area contributed by atoms with E-state index in [0.29, 0.717) is 16.5 Å². The molecule has 2 N–H and O–H groups in total. The van der Waals surface area contributed by atoms with Crippen molar-refractivity contribution in [3.63, 3.8) is 0 Å². The number of nitrogens with zero attached hydrogens (tertiary/aromatic N) is 2. The van der Waals surface area contributed by atoms with Crippen LogP contribution in [-0.2, 0) is 27.8 Å². The maximum atomic E-state index is 12.1. The fourth-order valence-corrected chi connectivity index (χ4v) is 2.23. The Hall–Kier alpha value is -2.74. The molecule has 0 aliphatic rings. The highest BCUT2D eigenvalue weighted by atomic mass is 16.5. The maximum absolute atomic E-state index is 12.1. The number of aliphatic hydroxyl groups is 1. The number of fused-ring (bicyclic) bond motifs is 1. The first-order valence-corrected chi connectivity index (χ1v) is 6.91. The molecule has 1 atom stereocenters. The molecule has 2 aromatic rings. The molecule has 1 aromatic heterocycles. The van der Waals surface area contributed by atoms with Crippen LogP contribution in [-0.4, -0.2) is 46.5 Å². The van der Waals surface area contributed by atoms with Crippen molar-refractivity contribution in [3.8, 4) is 0 Å². The summed E-state index contributed by atoms with van der Waals surface area (Å²) in [6, 6.07) is 5.70. The number of hydrogen-bond donors (Lipinski definition) is 2. The first-order chi connectivity index (χ1) is 11.0. The van der Waals surface area contributed by atoms with Gasteiger partial charge in [0.05, 0.1) is 31.2 Å². The minimum absolute atomic E-state index is 0.137. The summed E-state index contributed by atoms with van der Waals surface area (Å²) in [6.07, 6.45) is -0.137. The number of amides is 1. The number of aryl methyl sites for hydroxylation is 1. The molecule has 0 spiro atoms. The predicted molar refractivity (Wildman–Crippen MR) is 81.7 cm³/mol. The molecule has 0 aliphatic heterocycles. The number of nitrogens with one attached hydrogen (secondary N) is 1. The van der Waals surface area contributed by atoms with Gasteiger partial charge in [-0.25, -0.2) is 9.48 Å². The quantitative estimate of drug-likeness (QED) is 0.693. The van der Waals surface area contributed by atoms with E-state index in [-0.39, 0.29) is 12.0 Å². The van der Waals surface area contributed by atoms with Crippen LogP contribution in [0.5, 0.6) is 0 Å². The summed E-state index contributed by atoms with van der Waals surface area (Å²) >= 11 is 0. The van der Waals surface area contributed by atoms with Crippen LogP contribution in [0.1, 0.15) is 5.69 Å². The number of benzene rings is 1. The normalized spacial score (nSPS) is 12.0. The van der Waals surface area contributed by atoms with E-state index in [1.165, 1.54) is 14.2 Å². The maximum Gasteiger partial charge on any atom is 0.330 e. The summed E-state index contributed by atoms with van der Waals surface area (Å²) in [4.78, 5) is 35.5. The number of aromatic nitrogens is 2. The van der Waals surface area contributed by atoms with E-state index < -0.39 is 24.5 Å². The van der Waals surface area contributed by atoms with Gasteiger partial charge in [-0.15, -0.1) is 0 Å². The smallest absolute Gasteiger partial charge is 0.330 e. The van der Waals surface area contributed by atoms with Gasteiger partial charge in [-0.3, -0.25) is 9.59 Å². The van der Waals surface area contributed by atoms with Gasteiger partial charge in [0.2, 0.25) is 5.91 Å². The van der Waals surface area contributed by atoms with Crippen LogP contribution in [0.2, 0.25) is 0 Å². The molecule has 2 rings (SSSR count). The van der Waals surface area contributed by atoms with Crippen molar-refractivity contribution < 1.29 is 19.4 Å². The highest BCUT2D eigenvalue weighted by molar-refractivity contribution is 5.90. The lowest BCUT2D eigenvalue weighted by Crippen LogP contribution is -2.44. The van der Waals surface area contributed by atoms with Gasteiger partial charge in [-0.05, 0) is 6.07 Å². The first kappa shape index (κ1) is 16.6. The monoisotopic (exact) mass is 319 g/mol. The van der Waals surface area contributed by atoms with Crippen LogP contribution in [0.3, 0.4) is 0 Å². The lowest BCUT2D eigenvalue weighted by atomic mass is 10.1. The number of carbonyl (C=O) groups is 2. The molecule has 1 amide bonds. The third-order valence-corrected chi connectivity index (χ3v) is 3.36. The Labute approximate surface area is 131 Å². The van der Waals surface area contributed by atoms with Crippen LogP contribution >= 0.6 is 0 Å². The fraction of sp³-hybridized carbons (Fsp3) is 0.333. The zero-order valence-corrected chi connectivity index (χ0v) is 12.8. The van der Waals surface area contributed by atoms with Crippen LogP contribution in [0.25, 0.3) is 10.8 Å². The molecular formula is C15H17N3O5. The van der Waals surface area contributed by atoms with Crippen LogP contribution in [0.15, 0.2) is 29.1 Å². The summed E-state index contributed by atoms with van der Waals surface area (Å²) in [5.74, 6) is -1.25. The summed E-state index contributed by atoms with van der Waals surface area (Å²) in [5, 5.41) is 16.6. The van der Waals surface area contributed by atoms with E-state index in [0.717, 1.165) is 4.68 Å². The summed E-state index contributed by atoms with van der Waals surface area (Å²) in [6.45, 7) is -0.570. The second-order valence-electron chi connectivity index (χ2n) is 4.92. The van der Waals surface area contributed by atoms with Crippen LogP contribution < -0.4 is 10.9 Å². The number of aliphatic hydroxyl groups excluding tert-OH is 1. The van der Waals surface area contributed by atoms with Crippen molar-refractivity contribution in [2.45, 2.75) is 12.5 Å². The second-order valence-corrected chi connectivity index (χ2v) is 4.92. The molecule has 0 bridgehead atoms. The molecule has 0 unspecified atom stereocenters. The highest BCUT2D eigenvalue weighted by Crippen LogP contribution is 2.13. The van der Waals surface area contributed by atoms with Crippen molar-refractivity contribution in [2.75, 3.05) is 13.7 Å². The Balaban J connectivity index is 2.28. The van der Waals surface area contributed by atoms with Gasteiger partial charge >= 0.3 is 5.97 Å². The minimum atomic E-state index is -1.13. The number of methoxy groups -OCH3 is 1. The zero-order chi connectivity index (χ0) is 17.0. The first-order valence-electron chi connectivity index (χ1n) is 6.91. The van der Waals surface area contributed by atoms with Gasteiger partial charge in [-0.2, -0.15) is 5.10 Å². The molecule has 0 fully saturated rings. The molecule has 0 saturated carbocycles. The van der Waals surface area contributed by atoms with E-state index in [4.69, 9.17) is 5.11 Å². The van der Waals surface area contributed by atoms with Crippen molar-refractivity contribution in [1.29, 1.82) is 0 Å². The van der Waals surface area contributed by atoms with Crippen LogP contribution in [0, 0.1) is 0 Å². The lowest BCUT2D eigenvalue weighted by molar-refractivity contribution is -0.146. The van der Waals surface area contributed by atoms with E-state index in [1.807, 2.05) is 0 Å². The molecule has 0 radical (unpaired) electrons. The van der Waals surface area contributed by atoms with Crippen molar-refractivity contribution in [3.05, 3.63) is 40.3 Å². The van der Waals surface area contributed by atoms with Crippen LogP contribution in [0.4, 0.5) is 0 Å². The number of esters is 1. The average Bonchev–Trinajstić information content (AvgIpc) is 2.56. The Morgan fingerprint density at radius 2 is 2.00 bits per heavy atom. The molecule has 122 valence electrons. The number of rotatable bonds is 5. The van der Waals surface area contributed by atoms with E-state index in [1.54, 1.807) is 24.3 Å². The lowest BCUT2D eigenvalue weighted by Gasteiger charge is -2.14. The van der Waals surface area contributed by atoms with Gasteiger partial charge in [0.1, 0.15) is 0 Å². The van der Waals surface area contributed by atoms with Crippen molar-refractivity contribution >= 4 is 22.6 Å². The summed E-state index contributed by atoms with van der Waals surface area (Å²) in [5.41, 5.74) is 0.148. The van der Waals surface area contributed by atoms with E-state index >= 15 is 0 Å². The van der Waals surface area contributed by atoms with Gasteiger partial charge < -0.3 is 15.2 Å².